The zero-order valence-corrected chi connectivity index (χ0v) is 19.8. The van der Waals surface area contributed by atoms with Crippen LogP contribution in [0.2, 0.25) is 5.02 Å². The predicted molar refractivity (Wildman–Crippen MR) is 126 cm³/mol. The van der Waals surface area contributed by atoms with E-state index in [2.05, 4.69) is 20.3 Å². The summed E-state index contributed by atoms with van der Waals surface area (Å²) in [4.78, 5) is 4.24. The molecule has 3 aromatic heterocycles. The van der Waals surface area contributed by atoms with E-state index in [0.29, 0.717) is 26.6 Å². The Labute approximate surface area is 205 Å². The van der Waals surface area contributed by atoms with E-state index in [1.54, 1.807) is 24.3 Å². The van der Waals surface area contributed by atoms with Crippen molar-refractivity contribution in [2.45, 2.75) is 17.8 Å². The largest absolute Gasteiger partial charge is 0.619 e. The molecule has 0 saturated heterocycles. The lowest BCUT2D eigenvalue weighted by Crippen LogP contribution is -2.23. The highest BCUT2D eigenvalue weighted by Crippen LogP contribution is 2.30. The van der Waals surface area contributed by atoms with E-state index in [-0.39, 0.29) is 22.7 Å². The zero-order chi connectivity index (χ0) is 24.6. The van der Waals surface area contributed by atoms with Gasteiger partial charge in [-0.1, -0.05) is 58.7 Å². The van der Waals surface area contributed by atoms with Gasteiger partial charge in [-0.3, -0.25) is 4.57 Å². The lowest BCUT2D eigenvalue weighted by Gasteiger charge is -2.11. The van der Waals surface area contributed by atoms with Crippen LogP contribution in [0.4, 0.5) is 0 Å². The number of rotatable bonds is 6. The minimum atomic E-state index is -4.11. The lowest BCUT2D eigenvalue weighted by atomic mass is 10.1. The average Bonchev–Trinajstić information content (AvgIpc) is 3.48. The molecule has 0 atom stereocenters. The van der Waals surface area contributed by atoms with Crippen molar-refractivity contribution in [3.05, 3.63) is 94.7 Å². The number of sulfone groups is 1. The van der Waals surface area contributed by atoms with E-state index in [0.717, 1.165) is 5.56 Å². The fourth-order valence-electron chi connectivity index (χ4n) is 3.43. The maximum absolute atomic E-state index is 13.4. The molecule has 5 aromatic rings. The van der Waals surface area contributed by atoms with Crippen molar-refractivity contribution < 1.29 is 17.7 Å². The van der Waals surface area contributed by atoms with Crippen molar-refractivity contribution in [2.75, 3.05) is 0 Å². The van der Waals surface area contributed by atoms with Crippen LogP contribution in [0.3, 0.4) is 0 Å². The highest BCUT2D eigenvalue weighted by molar-refractivity contribution is 7.90. The Morgan fingerprint density at radius 3 is 2.43 bits per heavy atom. The van der Waals surface area contributed by atoms with Gasteiger partial charge in [0.2, 0.25) is 21.6 Å². The zero-order valence-electron chi connectivity index (χ0n) is 18.2. The number of para-hydroxylation sites is 1. The lowest BCUT2D eigenvalue weighted by molar-refractivity contribution is -0.605. The number of hydrogen-bond donors (Lipinski definition) is 0. The Bertz CT molecular complexity index is 1610. The van der Waals surface area contributed by atoms with Crippen molar-refractivity contribution in [3.63, 3.8) is 0 Å². The molecule has 0 saturated carbocycles. The Hall–Kier alpha value is -4.09. The fourth-order valence-corrected chi connectivity index (χ4v) is 4.85. The summed E-state index contributed by atoms with van der Waals surface area (Å²) in [7, 11) is -4.11. The molecule has 0 aliphatic rings. The number of hydrogen-bond acceptors (Lipinski definition) is 8. The number of benzene rings is 2. The first-order valence-corrected chi connectivity index (χ1v) is 12.4. The summed E-state index contributed by atoms with van der Waals surface area (Å²) >= 11 is 6.40. The number of nitrogens with zero attached hydrogens (tertiary/aromatic N) is 6. The third-order valence-corrected chi connectivity index (χ3v) is 6.92. The molecule has 35 heavy (non-hydrogen) atoms. The van der Waals surface area contributed by atoms with E-state index in [1.807, 2.05) is 31.2 Å². The van der Waals surface area contributed by atoms with E-state index < -0.39 is 15.6 Å². The molecule has 176 valence electrons. The molecule has 0 unspecified atom stereocenters. The minimum Gasteiger partial charge on any atom is -0.619 e. The van der Waals surface area contributed by atoms with Crippen LogP contribution in [0.5, 0.6) is 0 Å². The molecule has 5 rings (SSSR count). The third-order valence-electron chi connectivity index (χ3n) is 5.16. The number of aromatic nitrogens is 6. The standard InChI is InChI=1S/C23H17ClN6O4S/c1-15-6-8-16(9-7-15)21-25-20(34-28-21)14-35(32,33)23-27-26-22(17-10-12-29(31)13-11-17)30(23)19-5-3-2-4-18(19)24/h2-13H,14H2,1H3. The van der Waals surface area contributed by atoms with E-state index in [4.69, 9.17) is 16.1 Å². The summed E-state index contributed by atoms with van der Waals surface area (Å²) in [6.45, 7) is 1.95. The molecule has 0 amide bonds. The second-order valence-electron chi connectivity index (χ2n) is 7.68. The monoisotopic (exact) mass is 508 g/mol. The summed E-state index contributed by atoms with van der Waals surface area (Å²) in [6, 6.07) is 17.2. The van der Waals surface area contributed by atoms with Gasteiger partial charge in [0.05, 0.1) is 10.7 Å². The van der Waals surface area contributed by atoms with Gasteiger partial charge in [0.25, 0.3) is 5.16 Å². The minimum absolute atomic E-state index is 0.0945. The maximum Gasteiger partial charge on any atom is 0.255 e. The van der Waals surface area contributed by atoms with Gasteiger partial charge in [-0.25, -0.2) is 8.42 Å². The summed E-state index contributed by atoms with van der Waals surface area (Å²) < 4.78 is 34.1. The number of aryl methyl sites for hydroxylation is 1. The molecule has 0 aliphatic heterocycles. The Balaban J connectivity index is 1.57. The topological polar surface area (TPSA) is 131 Å². The van der Waals surface area contributed by atoms with E-state index in [1.165, 1.54) is 29.1 Å². The van der Waals surface area contributed by atoms with E-state index in [9.17, 15) is 13.6 Å². The number of halogens is 1. The van der Waals surface area contributed by atoms with Gasteiger partial charge in [-0.05, 0) is 19.1 Å². The molecule has 0 aliphatic carbocycles. The van der Waals surface area contributed by atoms with Gasteiger partial charge in [0, 0.05) is 23.3 Å². The normalized spacial score (nSPS) is 11.6. The van der Waals surface area contributed by atoms with Crippen LogP contribution in [0.1, 0.15) is 11.5 Å². The Morgan fingerprint density at radius 2 is 1.71 bits per heavy atom. The van der Waals surface area contributed by atoms with Crippen LogP contribution in [-0.2, 0) is 15.6 Å². The van der Waals surface area contributed by atoms with Crippen molar-refractivity contribution in [1.29, 1.82) is 0 Å². The van der Waals surface area contributed by atoms with Gasteiger partial charge in [0.1, 0.15) is 5.75 Å². The molecule has 0 bridgehead atoms. The van der Waals surface area contributed by atoms with Crippen molar-refractivity contribution in [2.24, 2.45) is 0 Å². The second kappa shape index (κ2) is 8.93. The first kappa shape index (κ1) is 22.7. The van der Waals surface area contributed by atoms with Gasteiger partial charge >= 0.3 is 0 Å². The van der Waals surface area contributed by atoms with E-state index >= 15 is 0 Å². The average molecular weight is 509 g/mol. The third kappa shape index (κ3) is 4.51. The molecule has 2 aromatic carbocycles. The second-order valence-corrected chi connectivity index (χ2v) is 9.97. The molecular weight excluding hydrogens is 492 g/mol. The summed E-state index contributed by atoms with van der Waals surface area (Å²) in [5, 5.41) is 23.4. The number of pyridine rings is 1. The summed E-state index contributed by atoms with van der Waals surface area (Å²) in [5.74, 6) is -0.214. The molecule has 0 N–H and O–H groups in total. The van der Waals surface area contributed by atoms with Gasteiger partial charge in [0.15, 0.2) is 18.2 Å². The Morgan fingerprint density at radius 1 is 1.00 bits per heavy atom. The first-order valence-electron chi connectivity index (χ1n) is 10.3. The van der Waals surface area contributed by atoms with Gasteiger partial charge in [-0.2, -0.15) is 9.71 Å². The quantitative estimate of drug-likeness (QED) is 0.251. The van der Waals surface area contributed by atoms with Gasteiger partial charge in [-0.15, -0.1) is 10.2 Å². The highest BCUT2D eigenvalue weighted by atomic mass is 35.5. The van der Waals surface area contributed by atoms with Crippen molar-refractivity contribution >= 4 is 21.4 Å². The molecule has 10 nitrogen and oxygen atoms in total. The maximum atomic E-state index is 13.4. The molecular formula is C23H17ClN6O4S. The molecule has 0 radical (unpaired) electrons. The SMILES string of the molecule is Cc1ccc(-c2noc(CS(=O)(=O)c3nnc(-c4cc[n+]([O-])cc4)n3-c3ccccc3Cl)n2)cc1. The van der Waals surface area contributed by atoms with Crippen LogP contribution < -0.4 is 4.73 Å². The summed E-state index contributed by atoms with van der Waals surface area (Å²) in [6.07, 6.45) is 2.56. The fraction of sp³-hybridized carbons (Fsp3) is 0.0870. The van der Waals surface area contributed by atoms with Crippen LogP contribution in [-0.4, -0.2) is 33.3 Å². The smallest absolute Gasteiger partial charge is 0.255 e. The van der Waals surface area contributed by atoms with Crippen LogP contribution in [0, 0.1) is 12.1 Å². The summed E-state index contributed by atoms with van der Waals surface area (Å²) in [5.41, 5.74) is 2.60. The van der Waals surface area contributed by atoms with Crippen molar-refractivity contribution in [3.8, 4) is 28.5 Å². The molecule has 0 spiro atoms. The molecule has 3 heterocycles. The van der Waals surface area contributed by atoms with Crippen LogP contribution in [0.25, 0.3) is 28.5 Å². The molecule has 0 fully saturated rings. The predicted octanol–water partition coefficient (Wildman–Crippen LogP) is 3.55. The highest BCUT2D eigenvalue weighted by Gasteiger charge is 2.30. The van der Waals surface area contributed by atoms with Crippen LogP contribution in [0.15, 0.2) is 82.7 Å². The van der Waals surface area contributed by atoms with Gasteiger partial charge < -0.3 is 9.73 Å². The molecule has 12 heteroatoms. The first-order chi connectivity index (χ1) is 16.8. The Kier molecular flexibility index (Phi) is 5.79. The van der Waals surface area contributed by atoms with Crippen LogP contribution >= 0.6 is 11.6 Å². The van der Waals surface area contributed by atoms with Crippen molar-refractivity contribution in [1.82, 2.24) is 24.9 Å².